The van der Waals surface area contributed by atoms with Crippen molar-refractivity contribution in [3.05, 3.63) is 66.5 Å². The second-order valence-electron chi connectivity index (χ2n) is 5.26. The lowest BCUT2D eigenvalue weighted by Crippen LogP contribution is -2.27. The van der Waals surface area contributed by atoms with Gasteiger partial charge in [0.15, 0.2) is 5.82 Å². The van der Waals surface area contributed by atoms with E-state index in [1.807, 2.05) is 13.0 Å². The van der Waals surface area contributed by atoms with E-state index in [-0.39, 0.29) is 18.6 Å². The molecule has 0 bridgehead atoms. The van der Waals surface area contributed by atoms with Crippen molar-refractivity contribution < 1.29 is 9.53 Å². The summed E-state index contributed by atoms with van der Waals surface area (Å²) >= 11 is 0. The van der Waals surface area contributed by atoms with E-state index in [2.05, 4.69) is 25.4 Å². The second kappa shape index (κ2) is 8.11. The summed E-state index contributed by atoms with van der Waals surface area (Å²) in [7, 11) is 0. The molecule has 2 heterocycles. The molecule has 2 aromatic heterocycles. The van der Waals surface area contributed by atoms with Crippen molar-refractivity contribution in [2.24, 2.45) is 0 Å². The van der Waals surface area contributed by atoms with E-state index in [9.17, 15) is 4.79 Å². The van der Waals surface area contributed by atoms with Gasteiger partial charge in [-0.05, 0) is 25.1 Å². The number of ether oxygens (including phenoxy) is 1. The average molecular weight is 338 g/mol. The highest BCUT2D eigenvalue weighted by molar-refractivity contribution is 5.89. The zero-order valence-corrected chi connectivity index (χ0v) is 13.7. The van der Waals surface area contributed by atoms with Gasteiger partial charge in [0.25, 0.3) is 5.95 Å². The van der Waals surface area contributed by atoms with E-state index >= 15 is 0 Å². The van der Waals surface area contributed by atoms with Crippen LogP contribution in [0, 0.1) is 0 Å². The molecule has 1 unspecified atom stereocenters. The molecule has 25 heavy (non-hydrogen) atoms. The molecular formula is C17H18N6O2. The maximum absolute atomic E-state index is 11.9. The third-order valence-corrected chi connectivity index (χ3v) is 3.50. The first-order valence-corrected chi connectivity index (χ1v) is 7.88. The third kappa shape index (κ3) is 4.24. The molecule has 128 valence electrons. The number of benzene rings is 1. The van der Waals surface area contributed by atoms with E-state index in [1.54, 1.807) is 47.4 Å². The molecule has 0 aliphatic carbocycles. The van der Waals surface area contributed by atoms with Gasteiger partial charge in [-0.15, -0.1) is 0 Å². The largest absolute Gasteiger partial charge is 0.461 e. The number of carbonyl (C=O) groups is 1. The summed E-state index contributed by atoms with van der Waals surface area (Å²) in [6.45, 7) is 2.69. The Balaban J connectivity index is 1.51. The quantitative estimate of drug-likeness (QED) is 0.516. The maximum atomic E-state index is 11.9. The molecule has 0 amide bonds. The summed E-state index contributed by atoms with van der Waals surface area (Å²) in [6.07, 6.45) is 4.75. The predicted molar refractivity (Wildman–Crippen MR) is 90.1 cm³/mol. The molecule has 0 aliphatic heterocycles. The summed E-state index contributed by atoms with van der Waals surface area (Å²) in [5.74, 6) is 0.802. The number of hydrogen-bond acceptors (Lipinski definition) is 7. The fourth-order valence-electron chi connectivity index (χ4n) is 2.27. The average Bonchev–Trinajstić information content (AvgIpc) is 3.16. The van der Waals surface area contributed by atoms with Gasteiger partial charge in [-0.25, -0.2) is 19.7 Å². The van der Waals surface area contributed by atoms with Crippen LogP contribution < -0.4 is 5.32 Å². The monoisotopic (exact) mass is 338 g/mol. The van der Waals surface area contributed by atoms with Crippen LogP contribution in [0.4, 0.5) is 0 Å². The molecule has 8 heteroatoms. The van der Waals surface area contributed by atoms with Crippen LogP contribution in [-0.4, -0.2) is 43.9 Å². The van der Waals surface area contributed by atoms with Gasteiger partial charge >= 0.3 is 5.97 Å². The Morgan fingerprint density at radius 3 is 2.68 bits per heavy atom. The van der Waals surface area contributed by atoms with Gasteiger partial charge in [0, 0.05) is 18.9 Å². The zero-order chi connectivity index (χ0) is 17.5. The molecule has 0 radical (unpaired) electrons. The van der Waals surface area contributed by atoms with Crippen molar-refractivity contribution in [2.75, 3.05) is 13.2 Å². The van der Waals surface area contributed by atoms with E-state index in [4.69, 9.17) is 4.74 Å². The summed E-state index contributed by atoms with van der Waals surface area (Å²) in [5.41, 5.74) is 0.538. The van der Waals surface area contributed by atoms with Gasteiger partial charge in [0.1, 0.15) is 12.9 Å². The molecule has 0 aliphatic rings. The molecule has 0 fully saturated rings. The molecule has 0 spiro atoms. The van der Waals surface area contributed by atoms with E-state index in [0.717, 1.165) is 0 Å². The van der Waals surface area contributed by atoms with Crippen LogP contribution in [0.1, 0.15) is 29.1 Å². The normalized spacial score (nSPS) is 11.9. The molecule has 8 nitrogen and oxygen atoms in total. The molecule has 1 N–H and O–H groups in total. The Bertz CT molecular complexity index is 806. The predicted octanol–water partition coefficient (Wildman–Crippen LogP) is 1.56. The van der Waals surface area contributed by atoms with Crippen molar-refractivity contribution in [2.45, 2.75) is 13.0 Å². The molecule has 1 atom stereocenters. The van der Waals surface area contributed by atoms with Gasteiger partial charge in [-0.1, -0.05) is 18.2 Å². The van der Waals surface area contributed by atoms with Crippen LogP contribution in [0.3, 0.4) is 0 Å². The molecule has 1 aromatic carbocycles. The highest BCUT2D eigenvalue weighted by Gasteiger charge is 2.15. The first-order valence-electron chi connectivity index (χ1n) is 7.88. The molecule has 3 rings (SSSR count). The van der Waals surface area contributed by atoms with Crippen LogP contribution in [0.15, 0.2) is 55.1 Å². The smallest absolute Gasteiger partial charge is 0.338 e. The number of esters is 1. The summed E-state index contributed by atoms with van der Waals surface area (Å²) in [6, 6.07) is 10.5. The topological polar surface area (TPSA) is 94.8 Å². The lowest BCUT2D eigenvalue weighted by molar-refractivity contribution is 0.0506. The van der Waals surface area contributed by atoms with Crippen LogP contribution in [-0.2, 0) is 4.74 Å². The van der Waals surface area contributed by atoms with Crippen LogP contribution in [0.25, 0.3) is 5.95 Å². The number of hydrogen-bond donors (Lipinski definition) is 1. The van der Waals surface area contributed by atoms with E-state index in [0.29, 0.717) is 23.9 Å². The standard InChI is InChI=1S/C17H18N6O2/c1-13(15-21-12-22-23(15)17-19-8-5-9-20-17)18-10-11-25-16(24)14-6-3-2-4-7-14/h2-9,12-13,18H,10-11H2,1H3. The van der Waals surface area contributed by atoms with Crippen LogP contribution in [0.2, 0.25) is 0 Å². The Morgan fingerprint density at radius 2 is 1.92 bits per heavy atom. The minimum atomic E-state index is -0.337. The Morgan fingerprint density at radius 1 is 1.16 bits per heavy atom. The lowest BCUT2D eigenvalue weighted by Gasteiger charge is -2.13. The Hall–Kier alpha value is -3.13. The highest BCUT2D eigenvalue weighted by atomic mass is 16.5. The van der Waals surface area contributed by atoms with E-state index in [1.165, 1.54) is 6.33 Å². The maximum Gasteiger partial charge on any atom is 0.338 e. The van der Waals surface area contributed by atoms with Crippen LogP contribution >= 0.6 is 0 Å². The van der Waals surface area contributed by atoms with Gasteiger partial charge < -0.3 is 10.1 Å². The number of carbonyl (C=O) groups excluding carboxylic acids is 1. The van der Waals surface area contributed by atoms with Gasteiger partial charge in [0.05, 0.1) is 11.6 Å². The lowest BCUT2D eigenvalue weighted by atomic mass is 10.2. The van der Waals surface area contributed by atoms with Crippen molar-refractivity contribution in [1.29, 1.82) is 0 Å². The first kappa shape index (κ1) is 16.7. The molecular weight excluding hydrogens is 320 g/mol. The fraction of sp³-hybridized carbons (Fsp3) is 0.235. The van der Waals surface area contributed by atoms with Gasteiger partial charge in [-0.3, -0.25) is 0 Å². The second-order valence-corrected chi connectivity index (χ2v) is 5.26. The summed E-state index contributed by atoms with van der Waals surface area (Å²) < 4.78 is 6.82. The summed E-state index contributed by atoms with van der Waals surface area (Å²) in [4.78, 5) is 24.5. The highest BCUT2D eigenvalue weighted by Crippen LogP contribution is 2.11. The summed E-state index contributed by atoms with van der Waals surface area (Å²) in [5, 5.41) is 7.40. The first-order chi connectivity index (χ1) is 12.3. The minimum absolute atomic E-state index is 0.110. The molecule has 0 saturated heterocycles. The Kier molecular flexibility index (Phi) is 5.43. The number of nitrogens with one attached hydrogen (secondary N) is 1. The zero-order valence-electron chi connectivity index (χ0n) is 13.7. The fourth-order valence-corrected chi connectivity index (χ4v) is 2.27. The number of aromatic nitrogens is 5. The number of nitrogens with zero attached hydrogens (tertiary/aromatic N) is 5. The van der Waals surface area contributed by atoms with Crippen molar-refractivity contribution in [3.8, 4) is 5.95 Å². The van der Waals surface area contributed by atoms with Gasteiger partial charge in [-0.2, -0.15) is 9.78 Å². The van der Waals surface area contributed by atoms with Crippen molar-refractivity contribution >= 4 is 5.97 Å². The SMILES string of the molecule is CC(NCCOC(=O)c1ccccc1)c1ncnn1-c1ncccn1. The minimum Gasteiger partial charge on any atom is -0.461 e. The molecule has 0 saturated carbocycles. The van der Waals surface area contributed by atoms with Gasteiger partial charge in [0.2, 0.25) is 0 Å². The van der Waals surface area contributed by atoms with Crippen LogP contribution in [0.5, 0.6) is 0 Å². The molecule has 3 aromatic rings. The number of rotatable bonds is 7. The van der Waals surface area contributed by atoms with Crippen molar-refractivity contribution in [1.82, 2.24) is 30.0 Å². The van der Waals surface area contributed by atoms with E-state index < -0.39 is 0 Å². The Labute approximate surface area is 144 Å². The third-order valence-electron chi connectivity index (χ3n) is 3.50. The van der Waals surface area contributed by atoms with Crippen molar-refractivity contribution in [3.63, 3.8) is 0 Å².